The van der Waals surface area contributed by atoms with Gasteiger partial charge in [0.25, 0.3) is 0 Å². The van der Waals surface area contributed by atoms with E-state index in [9.17, 15) is 9.59 Å². The molecule has 0 aliphatic carbocycles. The SMILES string of the molecule is CCOC(=O)N[C@H](CC(C)C)C(=O)N1CCCCC1. The normalized spacial score (nSPS) is 17.2. The average molecular weight is 270 g/mol. The van der Waals surface area contributed by atoms with E-state index in [2.05, 4.69) is 5.32 Å². The maximum absolute atomic E-state index is 12.4. The number of carbonyl (C=O) groups is 2. The van der Waals surface area contributed by atoms with Crippen LogP contribution in [0.2, 0.25) is 0 Å². The number of amides is 2. The van der Waals surface area contributed by atoms with Crippen LogP contribution in [-0.2, 0) is 9.53 Å². The Morgan fingerprint density at radius 1 is 1.21 bits per heavy atom. The predicted octanol–water partition coefficient (Wildman–Crippen LogP) is 2.16. The third kappa shape index (κ3) is 5.49. The summed E-state index contributed by atoms with van der Waals surface area (Å²) in [6.45, 7) is 7.77. The van der Waals surface area contributed by atoms with Crippen molar-refractivity contribution in [1.82, 2.24) is 10.2 Å². The third-order valence-electron chi connectivity index (χ3n) is 3.24. The fraction of sp³-hybridized carbons (Fsp3) is 0.857. The zero-order chi connectivity index (χ0) is 14.3. The Labute approximate surface area is 115 Å². The number of likely N-dealkylation sites (tertiary alicyclic amines) is 1. The largest absolute Gasteiger partial charge is 0.450 e. The maximum Gasteiger partial charge on any atom is 0.407 e. The maximum atomic E-state index is 12.4. The lowest BCUT2D eigenvalue weighted by Gasteiger charge is -2.31. The molecule has 0 unspecified atom stereocenters. The van der Waals surface area contributed by atoms with Crippen molar-refractivity contribution in [3.63, 3.8) is 0 Å². The van der Waals surface area contributed by atoms with Crippen LogP contribution < -0.4 is 5.32 Å². The first-order chi connectivity index (χ1) is 9.04. The number of nitrogens with zero attached hydrogens (tertiary/aromatic N) is 1. The van der Waals surface area contributed by atoms with E-state index in [0.29, 0.717) is 18.9 Å². The molecule has 0 bridgehead atoms. The van der Waals surface area contributed by atoms with Crippen LogP contribution in [0.15, 0.2) is 0 Å². The number of piperidine rings is 1. The van der Waals surface area contributed by atoms with E-state index in [1.807, 2.05) is 18.7 Å². The minimum absolute atomic E-state index is 0.0291. The fourth-order valence-corrected chi connectivity index (χ4v) is 2.34. The Hall–Kier alpha value is -1.26. The first kappa shape index (κ1) is 15.8. The van der Waals surface area contributed by atoms with Crippen molar-refractivity contribution in [3.8, 4) is 0 Å². The number of alkyl carbamates (subject to hydrolysis) is 1. The number of nitrogens with one attached hydrogen (secondary N) is 1. The van der Waals surface area contributed by atoms with Crippen LogP contribution >= 0.6 is 0 Å². The van der Waals surface area contributed by atoms with Gasteiger partial charge in [0, 0.05) is 13.1 Å². The van der Waals surface area contributed by atoms with E-state index in [4.69, 9.17) is 4.74 Å². The molecule has 0 spiro atoms. The molecule has 0 saturated carbocycles. The fourth-order valence-electron chi connectivity index (χ4n) is 2.34. The molecule has 110 valence electrons. The van der Waals surface area contributed by atoms with Gasteiger partial charge < -0.3 is 15.0 Å². The number of hydrogen-bond donors (Lipinski definition) is 1. The monoisotopic (exact) mass is 270 g/mol. The van der Waals surface area contributed by atoms with E-state index in [1.165, 1.54) is 6.42 Å². The Morgan fingerprint density at radius 3 is 2.37 bits per heavy atom. The van der Waals surface area contributed by atoms with Crippen LogP contribution in [0.5, 0.6) is 0 Å². The summed E-state index contributed by atoms with van der Waals surface area (Å²) >= 11 is 0. The first-order valence-electron chi connectivity index (χ1n) is 7.26. The Kier molecular flexibility index (Phi) is 6.67. The lowest BCUT2D eigenvalue weighted by atomic mass is 10.0. The quantitative estimate of drug-likeness (QED) is 0.833. The second-order valence-electron chi connectivity index (χ2n) is 5.43. The van der Waals surface area contributed by atoms with Crippen LogP contribution in [0, 0.1) is 5.92 Å². The van der Waals surface area contributed by atoms with Gasteiger partial charge in [-0.2, -0.15) is 0 Å². The van der Waals surface area contributed by atoms with Gasteiger partial charge in [0.05, 0.1) is 6.61 Å². The molecule has 0 aromatic carbocycles. The summed E-state index contributed by atoms with van der Waals surface area (Å²) in [7, 11) is 0. The molecule has 1 heterocycles. The van der Waals surface area contributed by atoms with Crippen LogP contribution in [0.3, 0.4) is 0 Å². The minimum Gasteiger partial charge on any atom is -0.450 e. The molecule has 1 aliphatic rings. The van der Waals surface area contributed by atoms with Crippen molar-refractivity contribution in [3.05, 3.63) is 0 Å². The first-order valence-corrected chi connectivity index (χ1v) is 7.26. The van der Waals surface area contributed by atoms with Gasteiger partial charge in [0.2, 0.25) is 5.91 Å². The van der Waals surface area contributed by atoms with Crippen molar-refractivity contribution in [2.75, 3.05) is 19.7 Å². The molecular formula is C14H26N2O3. The topological polar surface area (TPSA) is 58.6 Å². The molecule has 1 aliphatic heterocycles. The molecule has 2 amide bonds. The molecule has 0 aromatic heterocycles. The highest BCUT2D eigenvalue weighted by atomic mass is 16.5. The van der Waals surface area contributed by atoms with E-state index in [0.717, 1.165) is 25.9 Å². The molecule has 1 saturated heterocycles. The summed E-state index contributed by atoms with van der Waals surface area (Å²) in [6.07, 6.45) is 3.44. The molecule has 0 aromatic rings. The van der Waals surface area contributed by atoms with Crippen LogP contribution in [0.25, 0.3) is 0 Å². The molecular weight excluding hydrogens is 244 g/mol. The van der Waals surface area contributed by atoms with Gasteiger partial charge in [0.1, 0.15) is 6.04 Å². The zero-order valence-corrected chi connectivity index (χ0v) is 12.3. The third-order valence-corrected chi connectivity index (χ3v) is 3.24. The summed E-state index contributed by atoms with van der Waals surface area (Å²) in [6, 6.07) is -0.461. The summed E-state index contributed by atoms with van der Waals surface area (Å²) in [4.78, 5) is 25.8. The molecule has 1 N–H and O–H groups in total. The predicted molar refractivity (Wildman–Crippen MR) is 73.8 cm³/mol. The average Bonchev–Trinajstić information content (AvgIpc) is 2.38. The lowest BCUT2D eigenvalue weighted by molar-refractivity contribution is -0.134. The smallest absolute Gasteiger partial charge is 0.407 e. The highest BCUT2D eigenvalue weighted by molar-refractivity contribution is 5.85. The van der Waals surface area contributed by atoms with Crippen LogP contribution in [-0.4, -0.2) is 42.6 Å². The Bertz CT molecular complexity index is 299. The number of carbonyl (C=O) groups excluding carboxylic acids is 2. The molecule has 5 nitrogen and oxygen atoms in total. The summed E-state index contributed by atoms with van der Waals surface area (Å²) in [5.41, 5.74) is 0. The molecule has 1 rings (SSSR count). The lowest BCUT2D eigenvalue weighted by Crippen LogP contribution is -2.50. The van der Waals surface area contributed by atoms with E-state index in [-0.39, 0.29) is 5.91 Å². The van der Waals surface area contributed by atoms with Crippen molar-refractivity contribution >= 4 is 12.0 Å². The van der Waals surface area contributed by atoms with Gasteiger partial charge >= 0.3 is 6.09 Å². The standard InChI is InChI=1S/C14H26N2O3/c1-4-19-14(18)15-12(10-11(2)3)13(17)16-8-6-5-7-9-16/h11-12H,4-10H2,1-3H3,(H,15,18)/t12-/m1/s1. The number of hydrogen-bond acceptors (Lipinski definition) is 3. The number of ether oxygens (including phenoxy) is 1. The van der Waals surface area contributed by atoms with Gasteiger partial charge in [0.15, 0.2) is 0 Å². The number of rotatable bonds is 5. The van der Waals surface area contributed by atoms with E-state index in [1.54, 1.807) is 6.92 Å². The molecule has 1 atom stereocenters. The van der Waals surface area contributed by atoms with Crippen LogP contribution in [0.1, 0.15) is 46.5 Å². The van der Waals surface area contributed by atoms with Crippen molar-refractivity contribution in [2.45, 2.75) is 52.5 Å². The van der Waals surface area contributed by atoms with Gasteiger partial charge in [-0.25, -0.2) is 4.79 Å². The van der Waals surface area contributed by atoms with E-state index >= 15 is 0 Å². The summed E-state index contributed by atoms with van der Waals surface area (Å²) in [5, 5.41) is 2.69. The van der Waals surface area contributed by atoms with Gasteiger partial charge in [-0.05, 0) is 38.5 Å². The molecule has 1 fully saturated rings. The summed E-state index contributed by atoms with van der Waals surface area (Å²) < 4.78 is 4.87. The Balaban J connectivity index is 2.60. The van der Waals surface area contributed by atoms with Crippen LogP contribution in [0.4, 0.5) is 4.79 Å². The Morgan fingerprint density at radius 2 is 1.84 bits per heavy atom. The molecule has 0 radical (unpaired) electrons. The van der Waals surface area contributed by atoms with Gasteiger partial charge in [-0.1, -0.05) is 13.8 Å². The zero-order valence-electron chi connectivity index (χ0n) is 12.3. The second-order valence-corrected chi connectivity index (χ2v) is 5.43. The highest BCUT2D eigenvalue weighted by Gasteiger charge is 2.27. The minimum atomic E-state index is -0.501. The van der Waals surface area contributed by atoms with Crippen molar-refractivity contribution in [2.24, 2.45) is 5.92 Å². The summed E-state index contributed by atoms with van der Waals surface area (Å²) in [5.74, 6) is 0.377. The molecule has 5 heteroatoms. The van der Waals surface area contributed by atoms with Gasteiger partial charge in [-0.15, -0.1) is 0 Å². The van der Waals surface area contributed by atoms with Crippen molar-refractivity contribution < 1.29 is 14.3 Å². The van der Waals surface area contributed by atoms with Crippen molar-refractivity contribution in [1.29, 1.82) is 0 Å². The van der Waals surface area contributed by atoms with E-state index < -0.39 is 12.1 Å². The highest BCUT2D eigenvalue weighted by Crippen LogP contribution is 2.13. The van der Waals surface area contributed by atoms with Gasteiger partial charge in [-0.3, -0.25) is 4.79 Å². The molecule has 19 heavy (non-hydrogen) atoms. The second kappa shape index (κ2) is 8.02.